The Bertz CT molecular complexity index is 490. The number of nitrogens with zero attached hydrogens (tertiary/aromatic N) is 1. The molecule has 1 aromatic rings. The molecule has 21 heavy (non-hydrogen) atoms. The molecule has 6 heteroatoms. The van der Waals surface area contributed by atoms with Crippen LogP contribution in [0, 0.1) is 0 Å². The average Bonchev–Trinajstić information content (AvgIpc) is 2.46. The van der Waals surface area contributed by atoms with Gasteiger partial charge in [-0.3, -0.25) is 4.79 Å². The van der Waals surface area contributed by atoms with E-state index in [-0.39, 0.29) is 24.5 Å². The van der Waals surface area contributed by atoms with Gasteiger partial charge in [0.15, 0.2) is 0 Å². The van der Waals surface area contributed by atoms with Crippen molar-refractivity contribution in [2.75, 3.05) is 19.6 Å². The zero-order chi connectivity index (χ0) is 15.8. The van der Waals surface area contributed by atoms with Gasteiger partial charge in [-0.25, -0.2) is 4.79 Å². The van der Waals surface area contributed by atoms with Crippen molar-refractivity contribution >= 4 is 27.9 Å². The number of rotatable bonds is 6. The summed E-state index contributed by atoms with van der Waals surface area (Å²) in [5.41, 5.74) is 0.995. The molecule has 0 aliphatic rings. The van der Waals surface area contributed by atoms with Gasteiger partial charge in [0.2, 0.25) is 5.91 Å². The van der Waals surface area contributed by atoms with Crippen LogP contribution in [0.3, 0.4) is 0 Å². The van der Waals surface area contributed by atoms with E-state index in [1.165, 1.54) is 0 Å². The normalized spacial score (nSPS) is 11.6. The van der Waals surface area contributed by atoms with E-state index in [0.29, 0.717) is 13.1 Å². The molecule has 5 nitrogen and oxygen atoms in total. The van der Waals surface area contributed by atoms with Crippen LogP contribution in [0.15, 0.2) is 28.7 Å². The molecule has 2 N–H and O–H groups in total. The lowest BCUT2D eigenvalue weighted by Gasteiger charge is -2.20. The van der Waals surface area contributed by atoms with Crippen LogP contribution in [0.5, 0.6) is 0 Å². The summed E-state index contributed by atoms with van der Waals surface area (Å²) in [6, 6.07) is 7.26. The Morgan fingerprint density at radius 2 is 1.95 bits per heavy atom. The molecule has 1 atom stereocenters. The molecule has 1 unspecified atom stereocenters. The summed E-state index contributed by atoms with van der Waals surface area (Å²) in [5.74, 6) is -0.0785. The second-order valence-electron chi connectivity index (χ2n) is 4.67. The maximum atomic E-state index is 11.8. The molecule has 0 aliphatic carbocycles. The standard InChI is InChI=1S/C15H22BrN3O2/c1-4-19(5-2)14(20)10-17-15(21)18-11(3)12-7-6-8-13(16)9-12/h6-9,11H,4-5,10H2,1-3H3,(H2,17,18,21). The summed E-state index contributed by atoms with van der Waals surface area (Å²) in [4.78, 5) is 25.3. The third kappa shape index (κ3) is 5.75. The average molecular weight is 356 g/mol. The second-order valence-corrected chi connectivity index (χ2v) is 5.59. The molecule has 0 aromatic heterocycles. The van der Waals surface area contributed by atoms with Crippen molar-refractivity contribution in [3.05, 3.63) is 34.3 Å². The molecule has 0 heterocycles. The summed E-state index contributed by atoms with van der Waals surface area (Å²) < 4.78 is 0.964. The largest absolute Gasteiger partial charge is 0.342 e. The molecular formula is C15H22BrN3O2. The minimum absolute atomic E-state index is 0.0126. The Morgan fingerprint density at radius 3 is 2.52 bits per heavy atom. The van der Waals surface area contributed by atoms with Crippen LogP contribution in [-0.4, -0.2) is 36.5 Å². The van der Waals surface area contributed by atoms with Crippen molar-refractivity contribution in [1.82, 2.24) is 15.5 Å². The maximum Gasteiger partial charge on any atom is 0.315 e. The molecule has 1 rings (SSSR count). The second kappa shape index (κ2) is 8.67. The number of benzene rings is 1. The van der Waals surface area contributed by atoms with Crippen LogP contribution in [0.2, 0.25) is 0 Å². The first-order valence-corrected chi connectivity index (χ1v) is 7.84. The van der Waals surface area contributed by atoms with Gasteiger partial charge in [0.05, 0.1) is 12.6 Å². The van der Waals surface area contributed by atoms with Crippen LogP contribution < -0.4 is 10.6 Å². The van der Waals surface area contributed by atoms with Gasteiger partial charge in [0.25, 0.3) is 0 Å². The fourth-order valence-corrected chi connectivity index (χ4v) is 2.37. The van der Waals surface area contributed by atoms with Crippen LogP contribution in [0.4, 0.5) is 4.79 Å². The fourth-order valence-electron chi connectivity index (χ4n) is 1.95. The Labute approximate surface area is 134 Å². The minimum Gasteiger partial charge on any atom is -0.342 e. The predicted molar refractivity (Wildman–Crippen MR) is 87.0 cm³/mol. The zero-order valence-corrected chi connectivity index (χ0v) is 14.2. The molecule has 0 saturated heterocycles. The van der Waals surface area contributed by atoms with E-state index < -0.39 is 0 Å². The highest BCUT2D eigenvalue weighted by Gasteiger charge is 2.13. The first-order valence-electron chi connectivity index (χ1n) is 7.05. The highest BCUT2D eigenvalue weighted by Crippen LogP contribution is 2.17. The molecule has 1 aromatic carbocycles. The van der Waals surface area contributed by atoms with Gasteiger partial charge in [-0.2, -0.15) is 0 Å². The monoisotopic (exact) mass is 355 g/mol. The van der Waals surface area contributed by atoms with Gasteiger partial charge in [0.1, 0.15) is 0 Å². The lowest BCUT2D eigenvalue weighted by Crippen LogP contribution is -2.44. The SMILES string of the molecule is CCN(CC)C(=O)CNC(=O)NC(C)c1cccc(Br)c1. The van der Waals surface area contributed by atoms with Gasteiger partial charge in [-0.05, 0) is 38.5 Å². The van der Waals surface area contributed by atoms with E-state index in [4.69, 9.17) is 0 Å². The summed E-state index contributed by atoms with van der Waals surface area (Å²) in [6.07, 6.45) is 0. The van der Waals surface area contributed by atoms with E-state index in [9.17, 15) is 9.59 Å². The first-order chi connectivity index (χ1) is 9.97. The highest BCUT2D eigenvalue weighted by molar-refractivity contribution is 9.10. The van der Waals surface area contributed by atoms with Gasteiger partial charge < -0.3 is 15.5 Å². The number of urea groups is 1. The van der Waals surface area contributed by atoms with Crippen molar-refractivity contribution in [2.45, 2.75) is 26.8 Å². The molecule has 0 saturated carbocycles. The van der Waals surface area contributed by atoms with Gasteiger partial charge in [-0.1, -0.05) is 28.1 Å². The Kier molecular flexibility index (Phi) is 7.22. The van der Waals surface area contributed by atoms with Crippen LogP contribution in [0.1, 0.15) is 32.4 Å². The van der Waals surface area contributed by atoms with Crippen molar-refractivity contribution < 1.29 is 9.59 Å². The third-order valence-electron chi connectivity index (χ3n) is 3.21. The van der Waals surface area contributed by atoms with Gasteiger partial charge in [0, 0.05) is 17.6 Å². The Morgan fingerprint density at radius 1 is 1.29 bits per heavy atom. The van der Waals surface area contributed by atoms with E-state index in [1.54, 1.807) is 4.90 Å². The fraction of sp³-hybridized carbons (Fsp3) is 0.467. The molecule has 116 valence electrons. The number of hydrogen-bond donors (Lipinski definition) is 2. The summed E-state index contributed by atoms with van der Waals surface area (Å²) in [5, 5.41) is 5.41. The van der Waals surface area contributed by atoms with Crippen molar-refractivity contribution in [1.29, 1.82) is 0 Å². The summed E-state index contributed by atoms with van der Waals surface area (Å²) >= 11 is 3.40. The number of carbonyl (C=O) groups excluding carboxylic acids is 2. The van der Waals surface area contributed by atoms with Gasteiger partial charge >= 0.3 is 6.03 Å². The smallest absolute Gasteiger partial charge is 0.315 e. The molecule has 0 radical (unpaired) electrons. The molecule has 3 amide bonds. The third-order valence-corrected chi connectivity index (χ3v) is 3.71. The van der Waals surface area contributed by atoms with Gasteiger partial charge in [-0.15, -0.1) is 0 Å². The zero-order valence-electron chi connectivity index (χ0n) is 12.6. The summed E-state index contributed by atoms with van der Waals surface area (Å²) in [7, 11) is 0. The molecule has 0 bridgehead atoms. The first kappa shape index (κ1) is 17.5. The molecule has 0 aliphatic heterocycles. The number of amides is 3. The predicted octanol–water partition coefficient (Wildman–Crippen LogP) is 2.68. The number of nitrogens with one attached hydrogen (secondary N) is 2. The highest BCUT2D eigenvalue weighted by atomic mass is 79.9. The Balaban J connectivity index is 2.45. The number of carbonyl (C=O) groups is 2. The summed E-state index contributed by atoms with van der Waals surface area (Å²) in [6.45, 7) is 7.03. The number of halogens is 1. The van der Waals surface area contributed by atoms with E-state index in [1.807, 2.05) is 45.0 Å². The minimum atomic E-state index is -0.344. The van der Waals surface area contributed by atoms with E-state index >= 15 is 0 Å². The number of hydrogen-bond acceptors (Lipinski definition) is 2. The van der Waals surface area contributed by atoms with Crippen LogP contribution >= 0.6 is 15.9 Å². The Hall–Kier alpha value is -1.56. The van der Waals surface area contributed by atoms with E-state index in [0.717, 1.165) is 10.0 Å². The molecule has 0 spiro atoms. The van der Waals surface area contributed by atoms with Crippen LogP contribution in [0.25, 0.3) is 0 Å². The quantitative estimate of drug-likeness (QED) is 0.823. The van der Waals surface area contributed by atoms with Crippen molar-refractivity contribution in [3.63, 3.8) is 0 Å². The lowest BCUT2D eigenvalue weighted by molar-refractivity contribution is -0.129. The van der Waals surface area contributed by atoms with E-state index in [2.05, 4.69) is 26.6 Å². The lowest BCUT2D eigenvalue weighted by atomic mass is 10.1. The maximum absolute atomic E-state index is 11.8. The molecular weight excluding hydrogens is 334 g/mol. The topological polar surface area (TPSA) is 61.4 Å². The molecule has 0 fully saturated rings. The van der Waals surface area contributed by atoms with Crippen LogP contribution in [-0.2, 0) is 4.79 Å². The number of likely N-dealkylation sites (N-methyl/N-ethyl adjacent to an activating group) is 1. The van der Waals surface area contributed by atoms with Crippen molar-refractivity contribution in [2.24, 2.45) is 0 Å². The van der Waals surface area contributed by atoms with Crippen molar-refractivity contribution in [3.8, 4) is 0 Å².